The van der Waals surface area contributed by atoms with Gasteiger partial charge in [-0.2, -0.15) is 0 Å². The smallest absolute Gasteiger partial charge is 0.312 e. The van der Waals surface area contributed by atoms with E-state index < -0.39 is 5.60 Å². The Balaban J connectivity index is 2.07. The van der Waals surface area contributed by atoms with Crippen molar-refractivity contribution in [3.63, 3.8) is 0 Å². The molecule has 2 atom stereocenters. The topological polar surface area (TPSA) is 26.3 Å². The second-order valence-electron chi connectivity index (χ2n) is 6.09. The summed E-state index contributed by atoms with van der Waals surface area (Å²) in [5.41, 5.74) is 0.513. The highest BCUT2D eigenvalue weighted by Crippen LogP contribution is 2.59. The van der Waals surface area contributed by atoms with E-state index in [4.69, 9.17) is 4.74 Å². The minimum absolute atomic E-state index is 0.0705. The number of carbonyl (C=O) groups excluding carboxylic acids is 1. The summed E-state index contributed by atoms with van der Waals surface area (Å²) in [7, 11) is 0. The van der Waals surface area contributed by atoms with Gasteiger partial charge in [0.15, 0.2) is 0 Å². The monoisotopic (exact) mass is 232 g/mol. The van der Waals surface area contributed by atoms with Crippen molar-refractivity contribution in [2.75, 3.05) is 0 Å². The van der Waals surface area contributed by atoms with Gasteiger partial charge in [-0.1, -0.05) is 30.3 Å². The predicted molar refractivity (Wildman–Crippen MR) is 67.8 cm³/mol. The molecule has 1 fully saturated rings. The molecule has 1 aliphatic rings. The van der Waals surface area contributed by atoms with Gasteiger partial charge in [0, 0.05) is 5.92 Å². The van der Waals surface area contributed by atoms with E-state index in [9.17, 15) is 4.79 Å². The lowest BCUT2D eigenvalue weighted by atomic mass is 10.0. The van der Waals surface area contributed by atoms with Gasteiger partial charge in [0.1, 0.15) is 5.60 Å². The van der Waals surface area contributed by atoms with E-state index in [1.165, 1.54) is 5.56 Å². The fraction of sp³-hybridized carbons (Fsp3) is 0.533. The van der Waals surface area contributed by atoms with Crippen molar-refractivity contribution in [3.05, 3.63) is 35.9 Å². The van der Waals surface area contributed by atoms with Gasteiger partial charge in [-0.15, -0.1) is 0 Å². The number of esters is 1. The molecule has 2 rings (SSSR count). The van der Waals surface area contributed by atoms with Gasteiger partial charge in [0.2, 0.25) is 0 Å². The van der Waals surface area contributed by atoms with Crippen molar-refractivity contribution in [2.24, 2.45) is 5.41 Å². The zero-order valence-corrected chi connectivity index (χ0v) is 11.0. The predicted octanol–water partition coefficient (Wildman–Crippen LogP) is 3.52. The molecule has 0 heterocycles. The third kappa shape index (κ3) is 2.51. The van der Waals surface area contributed by atoms with E-state index in [1.807, 2.05) is 45.9 Å². The molecular formula is C15H20O2. The zero-order valence-electron chi connectivity index (χ0n) is 11.0. The van der Waals surface area contributed by atoms with E-state index in [1.54, 1.807) is 0 Å². The molecule has 0 aromatic heterocycles. The molecule has 0 aliphatic heterocycles. The summed E-state index contributed by atoms with van der Waals surface area (Å²) in [4.78, 5) is 12.1. The summed E-state index contributed by atoms with van der Waals surface area (Å²) in [5.74, 6) is 0.248. The molecule has 0 saturated heterocycles. The van der Waals surface area contributed by atoms with Crippen LogP contribution in [0.2, 0.25) is 0 Å². The molecule has 1 aromatic rings. The average molecular weight is 232 g/mol. The van der Waals surface area contributed by atoms with Crippen LogP contribution in [-0.4, -0.2) is 11.6 Å². The Bertz CT molecular complexity index is 416. The van der Waals surface area contributed by atoms with Crippen molar-refractivity contribution in [1.29, 1.82) is 0 Å². The Morgan fingerprint density at radius 3 is 2.41 bits per heavy atom. The summed E-state index contributed by atoms with van der Waals surface area (Å²) in [6, 6.07) is 10.2. The molecular weight excluding hydrogens is 212 g/mol. The number of rotatable bonds is 2. The Hall–Kier alpha value is -1.31. The molecule has 1 saturated carbocycles. The minimum atomic E-state index is -0.399. The highest BCUT2D eigenvalue weighted by Gasteiger charge is 2.58. The van der Waals surface area contributed by atoms with Crippen LogP contribution >= 0.6 is 0 Å². The first-order valence-electron chi connectivity index (χ1n) is 6.11. The largest absolute Gasteiger partial charge is 0.460 e. The van der Waals surface area contributed by atoms with Crippen LogP contribution in [0.15, 0.2) is 30.3 Å². The lowest BCUT2D eigenvalue weighted by molar-refractivity contribution is -0.161. The number of ether oxygens (including phenoxy) is 1. The SMILES string of the molecule is CC(C)(C)OC(=O)[C@@]1(C)C[C@@H]1c1ccccc1. The Kier molecular flexibility index (Phi) is 2.76. The van der Waals surface area contributed by atoms with Crippen molar-refractivity contribution < 1.29 is 9.53 Å². The van der Waals surface area contributed by atoms with Gasteiger partial charge >= 0.3 is 5.97 Å². The maximum Gasteiger partial charge on any atom is 0.312 e. The average Bonchev–Trinajstić information content (AvgIpc) is 2.91. The van der Waals surface area contributed by atoms with Crippen LogP contribution in [0.4, 0.5) is 0 Å². The number of hydrogen-bond acceptors (Lipinski definition) is 2. The number of benzene rings is 1. The minimum Gasteiger partial charge on any atom is -0.460 e. The lowest BCUT2D eigenvalue weighted by Gasteiger charge is -2.22. The molecule has 17 heavy (non-hydrogen) atoms. The van der Waals surface area contributed by atoms with Gasteiger partial charge < -0.3 is 4.74 Å². The van der Waals surface area contributed by atoms with E-state index in [0.29, 0.717) is 5.92 Å². The van der Waals surface area contributed by atoms with E-state index in [2.05, 4.69) is 12.1 Å². The Morgan fingerprint density at radius 1 is 1.29 bits per heavy atom. The molecule has 0 unspecified atom stereocenters. The first-order chi connectivity index (χ1) is 7.83. The molecule has 1 aliphatic carbocycles. The van der Waals surface area contributed by atoms with Crippen molar-refractivity contribution >= 4 is 5.97 Å². The summed E-state index contributed by atoms with van der Waals surface area (Å²) in [5, 5.41) is 0. The van der Waals surface area contributed by atoms with Crippen molar-refractivity contribution in [3.8, 4) is 0 Å². The Labute approximate surface area is 103 Å². The standard InChI is InChI=1S/C15H20O2/c1-14(2,3)17-13(16)15(4)10-12(15)11-8-6-5-7-9-11/h5-9,12H,10H2,1-4H3/t12-,15+/m1/s1. The van der Waals surface area contributed by atoms with Crippen LogP contribution in [0.1, 0.15) is 45.6 Å². The summed E-state index contributed by atoms with van der Waals surface area (Å²) in [6.07, 6.45) is 0.895. The van der Waals surface area contributed by atoms with Crippen molar-refractivity contribution in [2.45, 2.75) is 45.6 Å². The summed E-state index contributed by atoms with van der Waals surface area (Å²) >= 11 is 0. The second-order valence-corrected chi connectivity index (χ2v) is 6.09. The van der Waals surface area contributed by atoms with Gasteiger partial charge in [-0.05, 0) is 39.7 Å². The Morgan fingerprint density at radius 2 is 1.88 bits per heavy atom. The first kappa shape index (κ1) is 12.2. The molecule has 92 valence electrons. The maximum absolute atomic E-state index is 12.1. The van der Waals surface area contributed by atoms with Crippen LogP contribution in [0.25, 0.3) is 0 Å². The molecule has 0 spiro atoms. The van der Waals surface area contributed by atoms with Gasteiger partial charge in [-0.25, -0.2) is 0 Å². The van der Waals surface area contributed by atoms with Gasteiger partial charge in [0.05, 0.1) is 5.41 Å². The molecule has 0 bridgehead atoms. The molecule has 2 heteroatoms. The second kappa shape index (κ2) is 3.86. The third-order valence-electron chi connectivity index (χ3n) is 3.30. The van der Waals surface area contributed by atoms with Crippen LogP contribution in [0, 0.1) is 5.41 Å². The van der Waals surface area contributed by atoms with E-state index in [0.717, 1.165) is 6.42 Å². The van der Waals surface area contributed by atoms with Crippen LogP contribution < -0.4 is 0 Å². The highest BCUT2D eigenvalue weighted by molar-refractivity contribution is 5.82. The molecule has 1 aromatic carbocycles. The fourth-order valence-corrected chi connectivity index (χ4v) is 2.16. The molecule has 0 radical (unpaired) electrons. The first-order valence-corrected chi connectivity index (χ1v) is 6.11. The highest BCUT2D eigenvalue weighted by atomic mass is 16.6. The molecule has 0 amide bonds. The quantitative estimate of drug-likeness (QED) is 0.729. The normalized spacial score (nSPS) is 27.6. The van der Waals surface area contributed by atoms with E-state index >= 15 is 0 Å². The van der Waals surface area contributed by atoms with Crippen molar-refractivity contribution in [1.82, 2.24) is 0 Å². The van der Waals surface area contributed by atoms with Crippen LogP contribution in [0.3, 0.4) is 0 Å². The summed E-state index contributed by atoms with van der Waals surface area (Å²) in [6.45, 7) is 7.73. The molecule has 2 nitrogen and oxygen atoms in total. The van der Waals surface area contributed by atoms with Gasteiger partial charge in [0.25, 0.3) is 0 Å². The zero-order chi connectivity index (χ0) is 12.7. The summed E-state index contributed by atoms with van der Waals surface area (Å²) < 4.78 is 5.48. The number of carbonyl (C=O) groups is 1. The third-order valence-corrected chi connectivity index (χ3v) is 3.30. The molecule has 0 N–H and O–H groups in total. The fourth-order valence-electron chi connectivity index (χ4n) is 2.16. The maximum atomic E-state index is 12.1. The van der Waals surface area contributed by atoms with Crippen LogP contribution in [0.5, 0.6) is 0 Å². The van der Waals surface area contributed by atoms with E-state index in [-0.39, 0.29) is 11.4 Å². The van der Waals surface area contributed by atoms with Gasteiger partial charge in [-0.3, -0.25) is 4.79 Å². The lowest BCUT2D eigenvalue weighted by Crippen LogP contribution is -2.29. The van der Waals surface area contributed by atoms with Crippen LogP contribution in [-0.2, 0) is 9.53 Å². The number of hydrogen-bond donors (Lipinski definition) is 0.